The van der Waals surface area contributed by atoms with Crippen molar-refractivity contribution in [2.45, 2.75) is 13.8 Å². The Morgan fingerprint density at radius 3 is 2.25 bits per heavy atom. The van der Waals surface area contributed by atoms with Gasteiger partial charge >= 0.3 is 0 Å². The van der Waals surface area contributed by atoms with E-state index in [0.717, 1.165) is 13.1 Å². The van der Waals surface area contributed by atoms with Crippen molar-refractivity contribution in [1.82, 2.24) is 20.0 Å². The van der Waals surface area contributed by atoms with Gasteiger partial charge in [-0.2, -0.15) is 15.0 Å². The molecule has 1 aromatic heterocycles. The molecule has 0 aliphatic heterocycles. The van der Waals surface area contributed by atoms with Gasteiger partial charge in [-0.15, -0.1) is 0 Å². The summed E-state index contributed by atoms with van der Waals surface area (Å²) in [7, 11) is 3.71. The highest BCUT2D eigenvalue weighted by Gasteiger charge is 2.09. The summed E-state index contributed by atoms with van der Waals surface area (Å²) in [6.45, 7) is 5.75. The summed E-state index contributed by atoms with van der Waals surface area (Å²) in [5.41, 5.74) is 2.95. The van der Waals surface area contributed by atoms with Crippen LogP contribution in [0.3, 0.4) is 0 Å². The van der Waals surface area contributed by atoms with Crippen molar-refractivity contribution in [2.24, 2.45) is 0 Å². The molecule has 0 atom stereocenters. The minimum atomic E-state index is 0.196. The maximum absolute atomic E-state index is 5.84. The van der Waals surface area contributed by atoms with Crippen molar-refractivity contribution in [3.8, 4) is 0 Å². The van der Waals surface area contributed by atoms with Gasteiger partial charge in [-0.3, -0.25) is 5.43 Å². The highest BCUT2D eigenvalue weighted by molar-refractivity contribution is 6.28. The van der Waals surface area contributed by atoms with E-state index in [4.69, 9.17) is 11.6 Å². The van der Waals surface area contributed by atoms with Crippen LogP contribution in [0.25, 0.3) is 0 Å². The van der Waals surface area contributed by atoms with Gasteiger partial charge in [0.15, 0.2) is 0 Å². The van der Waals surface area contributed by atoms with Crippen molar-refractivity contribution in [3.63, 3.8) is 0 Å². The van der Waals surface area contributed by atoms with Gasteiger partial charge in [-0.1, -0.05) is 0 Å². The van der Waals surface area contributed by atoms with Gasteiger partial charge in [0.05, 0.1) is 0 Å². The first-order chi connectivity index (χ1) is 7.56. The SMILES string of the molecule is CCN(CC)c1nc(Cl)nc(NN(C)C)n1. The molecule has 0 saturated heterocycles. The number of aromatic nitrogens is 3. The zero-order chi connectivity index (χ0) is 12.1. The Morgan fingerprint density at radius 2 is 1.75 bits per heavy atom. The van der Waals surface area contributed by atoms with E-state index in [9.17, 15) is 0 Å². The van der Waals surface area contributed by atoms with Crippen LogP contribution in [0.15, 0.2) is 0 Å². The van der Waals surface area contributed by atoms with E-state index >= 15 is 0 Å². The minimum Gasteiger partial charge on any atom is -0.341 e. The maximum Gasteiger partial charge on any atom is 0.243 e. The molecule has 90 valence electrons. The van der Waals surface area contributed by atoms with Crippen molar-refractivity contribution in [3.05, 3.63) is 5.28 Å². The Kier molecular flexibility index (Phi) is 4.70. The molecule has 0 aliphatic carbocycles. The Labute approximate surface area is 101 Å². The van der Waals surface area contributed by atoms with Gasteiger partial charge in [0, 0.05) is 27.2 Å². The summed E-state index contributed by atoms with van der Waals surface area (Å²) in [6, 6.07) is 0. The summed E-state index contributed by atoms with van der Waals surface area (Å²) < 4.78 is 0. The van der Waals surface area contributed by atoms with Gasteiger partial charge in [-0.25, -0.2) is 5.01 Å². The van der Waals surface area contributed by atoms with E-state index < -0.39 is 0 Å². The first-order valence-corrected chi connectivity index (χ1v) is 5.55. The zero-order valence-electron chi connectivity index (χ0n) is 10.0. The number of halogens is 1. The Bertz CT molecular complexity index is 339. The van der Waals surface area contributed by atoms with Crippen molar-refractivity contribution < 1.29 is 0 Å². The van der Waals surface area contributed by atoms with Crippen LogP contribution < -0.4 is 10.3 Å². The zero-order valence-corrected chi connectivity index (χ0v) is 10.8. The molecule has 0 aliphatic rings. The number of rotatable bonds is 5. The summed E-state index contributed by atoms with van der Waals surface area (Å²) >= 11 is 5.84. The number of anilines is 2. The molecule has 6 nitrogen and oxygen atoms in total. The number of nitrogens with zero attached hydrogens (tertiary/aromatic N) is 5. The lowest BCUT2D eigenvalue weighted by atomic mass is 10.5. The Balaban J connectivity index is 2.97. The molecule has 0 fully saturated rings. The molecule has 0 aromatic carbocycles. The van der Waals surface area contributed by atoms with Crippen molar-refractivity contribution in [2.75, 3.05) is 37.5 Å². The Hall–Kier alpha value is -1.14. The average Bonchev–Trinajstić information content (AvgIpc) is 2.17. The molecule has 0 bridgehead atoms. The third kappa shape index (κ3) is 3.46. The number of hydrazine groups is 1. The van der Waals surface area contributed by atoms with Crippen LogP contribution in [0.2, 0.25) is 5.28 Å². The third-order valence-corrected chi connectivity index (χ3v) is 2.14. The van der Waals surface area contributed by atoms with Crippen LogP contribution in [0.1, 0.15) is 13.8 Å². The Morgan fingerprint density at radius 1 is 1.12 bits per heavy atom. The monoisotopic (exact) mass is 244 g/mol. The van der Waals surface area contributed by atoms with Gasteiger partial charge in [0.25, 0.3) is 0 Å². The lowest BCUT2D eigenvalue weighted by Crippen LogP contribution is -2.26. The summed E-state index contributed by atoms with van der Waals surface area (Å²) in [6.07, 6.45) is 0. The molecule has 16 heavy (non-hydrogen) atoms. The fourth-order valence-corrected chi connectivity index (χ4v) is 1.39. The first-order valence-electron chi connectivity index (χ1n) is 5.17. The quantitative estimate of drug-likeness (QED) is 0.787. The highest BCUT2D eigenvalue weighted by atomic mass is 35.5. The van der Waals surface area contributed by atoms with E-state index in [1.807, 2.05) is 32.8 Å². The second kappa shape index (κ2) is 5.81. The van der Waals surface area contributed by atoms with E-state index in [0.29, 0.717) is 11.9 Å². The van der Waals surface area contributed by atoms with E-state index in [-0.39, 0.29) is 5.28 Å². The van der Waals surface area contributed by atoms with Crippen LogP contribution >= 0.6 is 11.6 Å². The summed E-state index contributed by atoms with van der Waals surface area (Å²) in [4.78, 5) is 14.4. The van der Waals surface area contributed by atoms with E-state index in [1.165, 1.54) is 0 Å². The molecule has 0 radical (unpaired) electrons. The number of hydrogen-bond donors (Lipinski definition) is 1. The average molecular weight is 245 g/mol. The summed E-state index contributed by atoms with van der Waals surface area (Å²) in [5, 5.41) is 1.94. The maximum atomic E-state index is 5.84. The fourth-order valence-electron chi connectivity index (χ4n) is 1.24. The minimum absolute atomic E-state index is 0.196. The first kappa shape index (κ1) is 12.9. The molecule has 1 rings (SSSR count). The molecular formula is C9H17ClN6. The lowest BCUT2D eigenvalue weighted by molar-refractivity contribution is 0.488. The number of nitrogens with one attached hydrogen (secondary N) is 1. The molecule has 0 amide bonds. The fraction of sp³-hybridized carbons (Fsp3) is 0.667. The standard InChI is InChI=1S/C9H17ClN6/c1-5-16(6-2)9-12-7(10)11-8(13-9)14-15(3)4/h5-6H2,1-4H3,(H,11,12,13,14). The van der Waals surface area contributed by atoms with Gasteiger partial charge in [-0.05, 0) is 25.4 Å². The highest BCUT2D eigenvalue weighted by Crippen LogP contribution is 2.13. The molecule has 0 spiro atoms. The second-order valence-electron chi connectivity index (χ2n) is 3.41. The smallest absolute Gasteiger partial charge is 0.243 e. The second-order valence-corrected chi connectivity index (χ2v) is 3.74. The van der Waals surface area contributed by atoms with Crippen LogP contribution in [0.5, 0.6) is 0 Å². The number of hydrogen-bond acceptors (Lipinski definition) is 6. The molecule has 1 aromatic rings. The molecule has 0 unspecified atom stereocenters. The molecule has 1 N–H and O–H groups in total. The predicted molar refractivity (Wildman–Crippen MR) is 65.7 cm³/mol. The van der Waals surface area contributed by atoms with Gasteiger partial charge in [0.1, 0.15) is 0 Å². The van der Waals surface area contributed by atoms with Crippen molar-refractivity contribution in [1.29, 1.82) is 0 Å². The summed E-state index contributed by atoms with van der Waals surface area (Å²) in [5.74, 6) is 1.04. The topological polar surface area (TPSA) is 57.2 Å². The van der Waals surface area contributed by atoms with Crippen LogP contribution in [0, 0.1) is 0 Å². The third-order valence-electron chi connectivity index (χ3n) is 1.97. The van der Waals surface area contributed by atoms with Gasteiger partial charge < -0.3 is 4.90 Å². The molecule has 1 heterocycles. The van der Waals surface area contributed by atoms with Crippen LogP contribution in [-0.2, 0) is 0 Å². The molecular weight excluding hydrogens is 228 g/mol. The molecule has 0 saturated carbocycles. The predicted octanol–water partition coefficient (Wildman–Crippen LogP) is 1.26. The normalized spacial score (nSPS) is 10.6. The van der Waals surface area contributed by atoms with Crippen LogP contribution in [-0.4, -0.2) is 47.1 Å². The molecule has 7 heteroatoms. The largest absolute Gasteiger partial charge is 0.341 e. The van der Waals surface area contributed by atoms with E-state index in [2.05, 4.69) is 20.4 Å². The lowest BCUT2D eigenvalue weighted by Gasteiger charge is -2.19. The van der Waals surface area contributed by atoms with Crippen LogP contribution in [0.4, 0.5) is 11.9 Å². The van der Waals surface area contributed by atoms with Gasteiger partial charge in [0.2, 0.25) is 17.2 Å². The van der Waals surface area contributed by atoms with E-state index in [1.54, 1.807) is 5.01 Å². The van der Waals surface area contributed by atoms with Crippen molar-refractivity contribution >= 4 is 23.5 Å².